The van der Waals surface area contributed by atoms with Crippen molar-refractivity contribution in [2.24, 2.45) is 0 Å². The van der Waals surface area contributed by atoms with Crippen LogP contribution in [0.25, 0.3) is 0 Å². The van der Waals surface area contributed by atoms with E-state index in [1.807, 2.05) is 6.08 Å². The first-order chi connectivity index (χ1) is 6.24. The van der Waals surface area contributed by atoms with Crippen molar-refractivity contribution in [1.29, 1.82) is 0 Å². The number of hydrogen-bond donors (Lipinski definition) is 3. The van der Waals surface area contributed by atoms with Gasteiger partial charge >= 0.3 is 0 Å². The predicted octanol–water partition coefficient (Wildman–Crippen LogP) is 0.687. The van der Waals surface area contributed by atoms with Gasteiger partial charge in [-0.3, -0.25) is 10.6 Å². The van der Waals surface area contributed by atoms with Gasteiger partial charge in [0.25, 0.3) is 0 Å². The van der Waals surface area contributed by atoms with Gasteiger partial charge in [-0.05, 0) is 6.42 Å². The number of hydrogen-bond acceptors (Lipinski definition) is 3. The van der Waals surface area contributed by atoms with Crippen LogP contribution in [0, 0.1) is 0 Å². The van der Waals surface area contributed by atoms with E-state index in [0.29, 0.717) is 6.54 Å². The van der Waals surface area contributed by atoms with Crippen LogP contribution in [0.15, 0.2) is 12.7 Å². The van der Waals surface area contributed by atoms with Crippen molar-refractivity contribution in [3.63, 3.8) is 0 Å². The summed E-state index contributed by atoms with van der Waals surface area (Å²) in [7, 11) is 0. The smallest absolute Gasteiger partial charge is 0.0800 e. The summed E-state index contributed by atoms with van der Waals surface area (Å²) in [4.78, 5) is 0. The molecule has 0 rings (SSSR count). The Labute approximate surface area is 85.2 Å². The summed E-state index contributed by atoms with van der Waals surface area (Å²) in [5.41, 5.74) is 0. The molecule has 0 aromatic rings. The third kappa shape index (κ3) is 7.02. The van der Waals surface area contributed by atoms with E-state index < -0.39 is 6.10 Å². The molecule has 0 heterocycles. The van der Waals surface area contributed by atoms with Crippen LogP contribution in [-0.2, 0) is 0 Å². The summed E-state index contributed by atoms with van der Waals surface area (Å²) in [5.74, 6) is 0.269. The van der Waals surface area contributed by atoms with Crippen LogP contribution in [0.3, 0.4) is 0 Å². The summed E-state index contributed by atoms with van der Waals surface area (Å²) >= 11 is 5.46. The van der Waals surface area contributed by atoms with E-state index in [1.54, 1.807) is 0 Å². The van der Waals surface area contributed by atoms with Crippen LogP contribution in [0.1, 0.15) is 13.3 Å². The summed E-state index contributed by atoms with van der Waals surface area (Å²) in [6.07, 6.45) is 2.52. The van der Waals surface area contributed by atoms with Crippen LogP contribution in [-0.4, -0.2) is 36.3 Å². The Morgan fingerprint density at radius 3 is 2.69 bits per heavy atom. The molecule has 0 aromatic carbocycles. The number of rotatable bonds is 8. The number of alkyl halides is 1. The minimum Gasteiger partial charge on any atom is -0.391 e. The predicted molar refractivity (Wildman–Crippen MR) is 57.0 cm³/mol. The largest absolute Gasteiger partial charge is 0.391 e. The summed E-state index contributed by atoms with van der Waals surface area (Å²) in [5, 5.41) is 15.6. The first-order valence-electron chi connectivity index (χ1n) is 4.56. The Hall–Kier alpha value is -0.0900. The molecule has 0 saturated carbocycles. The molecular formula is C9H19ClN2O. The lowest BCUT2D eigenvalue weighted by atomic mass is 10.3. The monoisotopic (exact) mass is 206 g/mol. The van der Waals surface area contributed by atoms with Crippen molar-refractivity contribution >= 4 is 11.6 Å². The fourth-order valence-corrected chi connectivity index (χ4v) is 1.03. The van der Waals surface area contributed by atoms with Gasteiger partial charge in [-0.2, -0.15) is 0 Å². The Morgan fingerprint density at radius 2 is 2.23 bits per heavy atom. The van der Waals surface area contributed by atoms with E-state index in [9.17, 15) is 5.11 Å². The van der Waals surface area contributed by atoms with Crippen LogP contribution in [0.2, 0.25) is 0 Å². The van der Waals surface area contributed by atoms with Crippen molar-refractivity contribution in [3.8, 4) is 0 Å². The first-order valence-corrected chi connectivity index (χ1v) is 5.09. The molecule has 0 amide bonds. The van der Waals surface area contributed by atoms with Gasteiger partial charge in [0, 0.05) is 19.0 Å². The molecule has 0 aliphatic heterocycles. The Morgan fingerprint density at radius 1 is 1.54 bits per heavy atom. The molecule has 0 aliphatic rings. The SMILES string of the molecule is C=CCNC(CC)NCC(O)CCl. The van der Waals surface area contributed by atoms with Crippen LogP contribution < -0.4 is 10.6 Å². The molecule has 0 saturated heterocycles. The highest BCUT2D eigenvalue weighted by Gasteiger charge is 2.06. The van der Waals surface area contributed by atoms with Gasteiger partial charge in [0.1, 0.15) is 0 Å². The second-order valence-electron chi connectivity index (χ2n) is 2.87. The summed E-state index contributed by atoms with van der Waals surface area (Å²) in [6, 6.07) is 0. The number of halogens is 1. The first kappa shape index (κ1) is 12.9. The van der Waals surface area contributed by atoms with E-state index in [1.165, 1.54) is 0 Å². The van der Waals surface area contributed by atoms with E-state index in [2.05, 4.69) is 24.1 Å². The highest BCUT2D eigenvalue weighted by molar-refractivity contribution is 6.18. The van der Waals surface area contributed by atoms with Crippen molar-refractivity contribution in [2.75, 3.05) is 19.0 Å². The van der Waals surface area contributed by atoms with Gasteiger partial charge in [-0.25, -0.2) is 0 Å². The molecule has 0 aliphatic carbocycles. The Kier molecular flexibility index (Phi) is 8.45. The molecule has 78 valence electrons. The quantitative estimate of drug-likeness (QED) is 0.311. The van der Waals surface area contributed by atoms with Crippen molar-refractivity contribution in [3.05, 3.63) is 12.7 Å². The second kappa shape index (κ2) is 8.51. The van der Waals surface area contributed by atoms with E-state index >= 15 is 0 Å². The lowest BCUT2D eigenvalue weighted by molar-refractivity contribution is 0.185. The standard InChI is InChI=1S/C9H19ClN2O/c1-3-5-11-9(4-2)12-7-8(13)6-10/h3,8-9,11-13H,1,4-7H2,2H3. The normalized spacial score (nSPS) is 15.3. The molecular weight excluding hydrogens is 188 g/mol. The molecule has 2 atom stereocenters. The molecule has 4 heteroatoms. The fraction of sp³-hybridized carbons (Fsp3) is 0.778. The average molecular weight is 207 g/mol. The fourth-order valence-electron chi connectivity index (χ4n) is 0.919. The van der Waals surface area contributed by atoms with Gasteiger partial charge in [0.15, 0.2) is 0 Å². The Balaban J connectivity index is 3.52. The van der Waals surface area contributed by atoms with Gasteiger partial charge < -0.3 is 5.11 Å². The topological polar surface area (TPSA) is 44.3 Å². The zero-order chi connectivity index (χ0) is 10.1. The zero-order valence-corrected chi connectivity index (χ0v) is 8.85. The third-order valence-electron chi connectivity index (χ3n) is 1.69. The summed E-state index contributed by atoms with van der Waals surface area (Å²) in [6.45, 7) is 6.97. The highest BCUT2D eigenvalue weighted by Crippen LogP contribution is 1.89. The number of nitrogens with one attached hydrogen (secondary N) is 2. The molecule has 0 spiro atoms. The van der Waals surface area contributed by atoms with Gasteiger partial charge in [0.2, 0.25) is 0 Å². The van der Waals surface area contributed by atoms with E-state index in [4.69, 9.17) is 11.6 Å². The number of aliphatic hydroxyl groups excluding tert-OH is 1. The van der Waals surface area contributed by atoms with Gasteiger partial charge in [-0.15, -0.1) is 18.2 Å². The highest BCUT2D eigenvalue weighted by atomic mass is 35.5. The average Bonchev–Trinajstić information content (AvgIpc) is 2.17. The Bertz CT molecular complexity index is 133. The lowest BCUT2D eigenvalue weighted by Gasteiger charge is -2.19. The number of aliphatic hydroxyl groups is 1. The molecule has 0 aromatic heterocycles. The van der Waals surface area contributed by atoms with Crippen molar-refractivity contribution in [2.45, 2.75) is 25.6 Å². The van der Waals surface area contributed by atoms with Crippen molar-refractivity contribution in [1.82, 2.24) is 10.6 Å². The third-order valence-corrected chi connectivity index (χ3v) is 2.05. The van der Waals surface area contributed by atoms with Crippen LogP contribution >= 0.6 is 11.6 Å². The van der Waals surface area contributed by atoms with Crippen LogP contribution in [0.4, 0.5) is 0 Å². The maximum Gasteiger partial charge on any atom is 0.0800 e. The minimum absolute atomic E-state index is 0.218. The molecule has 0 fully saturated rings. The summed E-state index contributed by atoms with van der Waals surface area (Å²) < 4.78 is 0. The van der Waals surface area contributed by atoms with Gasteiger partial charge in [-0.1, -0.05) is 13.0 Å². The molecule has 3 N–H and O–H groups in total. The van der Waals surface area contributed by atoms with Crippen molar-refractivity contribution < 1.29 is 5.11 Å². The molecule has 13 heavy (non-hydrogen) atoms. The van der Waals surface area contributed by atoms with Crippen LogP contribution in [0.5, 0.6) is 0 Å². The van der Waals surface area contributed by atoms with E-state index in [0.717, 1.165) is 13.0 Å². The second-order valence-corrected chi connectivity index (χ2v) is 3.18. The molecule has 0 radical (unpaired) electrons. The zero-order valence-electron chi connectivity index (χ0n) is 8.09. The maximum atomic E-state index is 9.19. The molecule has 3 nitrogen and oxygen atoms in total. The lowest BCUT2D eigenvalue weighted by Crippen LogP contribution is -2.45. The minimum atomic E-state index is -0.471. The van der Waals surface area contributed by atoms with Gasteiger partial charge in [0.05, 0.1) is 12.3 Å². The molecule has 2 unspecified atom stereocenters. The van der Waals surface area contributed by atoms with E-state index in [-0.39, 0.29) is 12.0 Å². The maximum absolute atomic E-state index is 9.19. The molecule has 0 bridgehead atoms.